The first-order valence-electron chi connectivity index (χ1n) is 6.06. The molecule has 0 spiro atoms. The topological polar surface area (TPSA) is 49.8 Å². The lowest BCUT2D eigenvalue weighted by Gasteiger charge is -2.37. The fourth-order valence-electron chi connectivity index (χ4n) is 2.76. The Bertz CT molecular complexity index is 270. The van der Waals surface area contributed by atoms with Crippen LogP contribution in [-0.2, 0) is 4.74 Å². The van der Waals surface area contributed by atoms with Gasteiger partial charge in [0, 0.05) is 12.1 Å². The third kappa shape index (κ3) is 2.32. The molecule has 0 aromatic heterocycles. The van der Waals surface area contributed by atoms with E-state index in [1.165, 1.54) is 0 Å². The van der Waals surface area contributed by atoms with E-state index in [1.54, 1.807) is 0 Å². The summed E-state index contributed by atoms with van der Waals surface area (Å²) in [6.45, 7) is 5.64. The van der Waals surface area contributed by atoms with Crippen LogP contribution in [0.3, 0.4) is 0 Å². The van der Waals surface area contributed by atoms with E-state index in [0.29, 0.717) is 12.8 Å². The highest BCUT2D eigenvalue weighted by atomic mass is 16.6. The second-order valence-electron chi connectivity index (χ2n) is 5.90. The van der Waals surface area contributed by atoms with Crippen LogP contribution in [0.5, 0.6) is 0 Å². The quantitative estimate of drug-likeness (QED) is 0.687. The summed E-state index contributed by atoms with van der Waals surface area (Å²) >= 11 is 0. The van der Waals surface area contributed by atoms with Gasteiger partial charge in [-0.05, 0) is 46.5 Å². The second-order valence-corrected chi connectivity index (χ2v) is 5.90. The first-order valence-corrected chi connectivity index (χ1v) is 6.06. The van der Waals surface area contributed by atoms with Gasteiger partial charge in [-0.25, -0.2) is 4.79 Å². The maximum atomic E-state index is 12.0. The van der Waals surface area contributed by atoms with E-state index in [1.807, 2.05) is 25.7 Å². The van der Waals surface area contributed by atoms with Gasteiger partial charge in [0.15, 0.2) is 0 Å². The molecule has 0 saturated carbocycles. The lowest BCUT2D eigenvalue weighted by Crippen LogP contribution is -2.49. The van der Waals surface area contributed by atoms with Gasteiger partial charge < -0.3 is 14.7 Å². The van der Waals surface area contributed by atoms with Crippen molar-refractivity contribution >= 4 is 6.09 Å². The molecule has 0 aromatic carbocycles. The van der Waals surface area contributed by atoms with E-state index in [4.69, 9.17) is 4.74 Å². The molecule has 2 aliphatic heterocycles. The highest BCUT2D eigenvalue weighted by Gasteiger charge is 2.44. The fourth-order valence-corrected chi connectivity index (χ4v) is 2.76. The maximum Gasteiger partial charge on any atom is 0.410 e. The molecule has 16 heavy (non-hydrogen) atoms. The van der Waals surface area contributed by atoms with Crippen molar-refractivity contribution in [1.82, 2.24) is 4.90 Å². The lowest BCUT2D eigenvalue weighted by molar-refractivity contribution is -0.0110. The van der Waals surface area contributed by atoms with Gasteiger partial charge in [-0.1, -0.05) is 0 Å². The Morgan fingerprint density at radius 1 is 1.25 bits per heavy atom. The number of hydrogen-bond acceptors (Lipinski definition) is 3. The van der Waals surface area contributed by atoms with Crippen LogP contribution in [0.2, 0.25) is 0 Å². The molecule has 1 N–H and O–H groups in total. The molecule has 92 valence electrons. The van der Waals surface area contributed by atoms with Crippen molar-refractivity contribution in [2.45, 2.75) is 70.2 Å². The fraction of sp³-hybridized carbons (Fsp3) is 0.917. The molecule has 2 saturated heterocycles. The van der Waals surface area contributed by atoms with Crippen LogP contribution in [0.1, 0.15) is 46.5 Å². The third-order valence-corrected chi connectivity index (χ3v) is 3.31. The Morgan fingerprint density at radius 2 is 1.75 bits per heavy atom. The smallest absolute Gasteiger partial charge is 0.410 e. The van der Waals surface area contributed by atoms with Crippen LogP contribution in [0, 0.1) is 0 Å². The van der Waals surface area contributed by atoms with Crippen LogP contribution in [0.15, 0.2) is 0 Å². The molecule has 1 amide bonds. The van der Waals surface area contributed by atoms with Crippen LogP contribution in [0.25, 0.3) is 0 Å². The summed E-state index contributed by atoms with van der Waals surface area (Å²) in [5.74, 6) is 0. The van der Waals surface area contributed by atoms with Gasteiger partial charge in [0.25, 0.3) is 0 Å². The normalized spacial score (nSPS) is 34.0. The van der Waals surface area contributed by atoms with E-state index in [-0.39, 0.29) is 24.3 Å². The number of ether oxygens (including phenoxy) is 1. The van der Waals surface area contributed by atoms with Gasteiger partial charge in [-0.2, -0.15) is 0 Å². The Hall–Kier alpha value is -0.770. The maximum absolute atomic E-state index is 12.0. The minimum Gasteiger partial charge on any atom is -0.444 e. The molecule has 2 aliphatic rings. The molecule has 0 unspecified atom stereocenters. The van der Waals surface area contributed by atoms with Crippen molar-refractivity contribution in [3.05, 3.63) is 0 Å². The van der Waals surface area contributed by atoms with Gasteiger partial charge in [0.05, 0.1) is 6.10 Å². The van der Waals surface area contributed by atoms with Gasteiger partial charge in [-0.15, -0.1) is 0 Å². The van der Waals surface area contributed by atoms with Crippen LogP contribution in [-0.4, -0.2) is 39.9 Å². The number of carbonyl (C=O) groups excluding carboxylic acids is 1. The Kier molecular flexibility index (Phi) is 2.86. The molecule has 4 heteroatoms. The van der Waals surface area contributed by atoms with Crippen molar-refractivity contribution in [3.8, 4) is 0 Å². The van der Waals surface area contributed by atoms with E-state index in [2.05, 4.69) is 0 Å². The molecule has 3 atom stereocenters. The predicted octanol–water partition coefficient (Wildman–Crippen LogP) is 1.91. The number of rotatable bonds is 0. The number of aliphatic hydroxyl groups is 1. The second kappa shape index (κ2) is 3.91. The van der Waals surface area contributed by atoms with Crippen molar-refractivity contribution in [3.63, 3.8) is 0 Å². The first-order chi connectivity index (χ1) is 7.37. The zero-order valence-electron chi connectivity index (χ0n) is 10.3. The van der Waals surface area contributed by atoms with Crippen molar-refractivity contribution in [1.29, 1.82) is 0 Å². The molecule has 0 radical (unpaired) electrons. The Labute approximate surface area is 96.6 Å². The minimum absolute atomic E-state index is 0.184. The van der Waals surface area contributed by atoms with E-state index < -0.39 is 5.60 Å². The molecule has 2 heterocycles. The summed E-state index contributed by atoms with van der Waals surface area (Å²) < 4.78 is 5.40. The van der Waals surface area contributed by atoms with E-state index in [9.17, 15) is 9.90 Å². The molecule has 2 rings (SSSR count). The number of piperidine rings is 1. The molecule has 2 bridgehead atoms. The molecule has 4 nitrogen and oxygen atoms in total. The first kappa shape index (κ1) is 11.7. The van der Waals surface area contributed by atoms with Crippen molar-refractivity contribution in [2.75, 3.05) is 0 Å². The molecule has 2 fully saturated rings. The zero-order chi connectivity index (χ0) is 11.9. The predicted molar refractivity (Wildman–Crippen MR) is 60.1 cm³/mol. The summed E-state index contributed by atoms with van der Waals surface area (Å²) in [4.78, 5) is 13.8. The number of carbonyl (C=O) groups is 1. The monoisotopic (exact) mass is 227 g/mol. The minimum atomic E-state index is -0.438. The number of hydrogen-bond donors (Lipinski definition) is 1. The molecule has 0 aliphatic carbocycles. The number of fused-ring (bicyclic) bond motifs is 2. The summed E-state index contributed by atoms with van der Waals surface area (Å²) in [5.41, 5.74) is -0.438. The molecule has 0 aromatic rings. The average molecular weight is 227 g/mol. The highest BCUT2D eigenvalue weighted by molar-refractivity contribution is 5.69. The molecular weight excluding hydrogens is 206 g/mol. The average Bonchev–Trinajstić information content (AvgIpc) is 2.36. The number of nitrogens with zero attached hydrogens (tertiary/aromatic N) is 1. The number of amides is 1. The van der Waals surface area contributed by atoms with E-state index in [0.717, 1.165) is 12.8 Å². The third-order valence-electron chi connectivity index (χ3n) is 3.31. The zero-order valence-corrected chi connectivity index (χ0v) is 10.3. The summed E-state index contributed by atoms with van der Waals surface area (Å²) in [6, 6.07) is 0.368. The Morgan fingerprint density at radius 3 is 2.19 bits per heavy atom. The van der Waals surface area contributed by atoms with Gasteiger partial charge >= 0.3 is 6.09 Å². The summed E-state index contributed by atoms with van der Waals surface area (Å²) in [7, 11) is 0. The van der Waals surface area contributed by atoms with Crippen LogP contribution < -0.4 is 0 Å². The largest absolute Gasteiger partial charge is 0.444 e. The highest BCUT2D eigenvalue weighted by Crippen LogP contribution is 2.36. The standard InChI is InChI=1S/C12H21NO3/c1-12(2,3)16-11(15)13-8-4-5-9(13)7-10(14)6-8/h8-10,14H,4-7H2,1-3H3/t8-,9+,10+. The lowest BCUT2D eigenvalue weighted by atomic mass is 10.0. The van der Waals surface area contributed by atoms with Gasteiger partial charge in [0.2, 0.25) is 0 Å². The van der Waals surface area contributed by atoms with Gasteiger partial charge in [-0.3, -0.25) is 0 Å². The number of aliphatic hydroxyl groups excluding tert-OH is 1. The van der Waals surface area contributed by atoms with Crippen molar-refractivity contribution in [2.24, 2.45) is 0 Å². The summed E-state index contributed by atoms with van der Waals surface area (Å²) in [6.07, 6.45) is 2.95. The van der Waals surface area contributed by atoms with Crippen LogP contribution >= 0.6 is 0 Å². The van der Waals surface area contributed by atoms with Gasteiger partial charge in [0.1, 0.15) is 5.60 Å². The van der Waals surface area contributed by atoms with Crippen LogP contribution in [0.4, 0.5) is 4.79 Å². The SMILES string of the molecule is CC(C)(C)OC(=O)N1[C@@H]2CC[C@H]1C[C@@H](O)C2. The van der Waals surface area contributed by atoms with E-state index >= 15 is 0 Å². The van der Waals surface area contributed by atoms with Crippen molar-refractivity contribution < 1.29 is 14.6 Å². The Balaban J connectivity index is 2.03. The summed E-state index contributed by atoms with van der Waals surface area (Å²) in [5, 5.41) is 9.64. The molecular formula is C12H21NO3.